The SMILES string of the molecule is c1cc2sc3nccnc3c2cn1. The second-order valence-corrected chi connectivity index (χ2v) is 3.71. The summed E-state index contributed by atoms with van der Waals surface area (Å²) in [6, 6.07) is 1.99. The Hall–Kier alpha value is -1.55. The van der Waals surface area contributed by atoms with Crippen molar-refractivity contribution < 1.29 is 0 Å². The van der Waals surface area contributed by atoms with Gasteiger partial charge in [0.1, 0.15) is 10.3 Å². The van der Waals surface area contributed by atoms with Crippen LogP contribution < -0.4 is 0 Å². The molecular formula is C9H5N3S. The molecule has 3 aromatic rings. The van der Waals surface area contributed by atoms with Gasteiger partial charge in [0, 0.05) is 34.9 Å². The van der Waals surface area contributed by atoms with E-state index in [9.17, 15) is 0 Å². The molecule has 3 rings (SSSR count). The number of thiophene rings is 1. The molecule has 0 fully saturated rings. The maximum Gasteiger partial charge on any atom is 0.143 e. The molecule has 0 N–H and O–H groups in total. The van der Waals surface area contributed by atoms with E-state index in [0.29, 0.717) is 0 Å². The molecule has 0 unspecified atom stereocenters. The van der Waals surface area contributed by atoms with Crippen LogP contribution in [0.1, 0.15) is 0 Å². The Morgan fingerprint density at radius 3 is 3.00 bits per heavy atom. The third-order valence-electron chi connectivity index (χ3n) is 1.91. The van der Waals surface area contributed by atoms with Crippen LogP contribution in [0.15, 0.2) is 30.9 Å². The molecule has 0 spiro atoms. The van der Waals surface area contributed by atoms with Crippen LogP contribution in [-0.2, 0) is 0 Å². The first kappa shape index (κ1) is 6.91. The fourth-order valence-corrected chi connectivity index (χ4v) is 2.31. The predicted molar refractivity (Wildman–Crippen MR) is 52.7 cm³/mol. The lowest BCUT2D eigenvalue weighted by atomic mass is 10.3. The van der Waals surface area contributed by atoms with Gasteiger partial charge in [0.15, 0.2) is 0 Å². The van der Waals surface area contributed by atoms with E-state index >= 15 is 0 Å². The van der Waals surface area contributed by atoms with Gasteiger partial charge in [0.05, 0.1) is 0 Å². The van der Waals surface area contributed by atoms with Gasteiger partial charge in [0.25, 0.3) is 0 Å². The number of aromatic nitrogens is 3. The Morgan fingerprint density at radius 2 is 2.00 bits per heavy atom. The van der Waals surface area contributed by atoms with Crippen LogP contribution in [0.2, 0.25) is 0 Å². The van der Waals surface area contributed by atoms with E-state index in [1.165, 1.54) is 4.70 Å². The zero-order valence-corrected chi connectivity index (χ0v) is 7.45. The van der Waals surface area contributed by atoms with E-state index in [2.05, 4.69) is 15.0 Å². The van der Waals surface area contributed by atoms with Crippen molar-refractivity contribution in [3.05, 3.63) is 30.9 Å². The Balaban J connectivity index is 2.64. The van der Waals surface area contributed by atoms with E-state index in [0.717, 1.165) is 15.7 Å². The first-order chi connectivity index (χ1) is 6.45. The van der Waals surface area contributed by atoms with Crippen molar-refractivity contribution in [3.63, 3.8) is 0 Å². The zero-order chi connectivity index (χ0) is 8.67. The van der Waals surface area contributed by atoms with E-state index in [1.54, 1.807) is 29.9 Å². The maximum atomic E-state index is 4.28. The highest BCUT2D eigenvalue weighted by atomic mass is 32.1. The summed E-state index contributed by atoms with van der Waals surface area (Å²) >= 11 is 1.65. The van der Waals surface area contributed by atoms with Crippen LogP contribution in [-0.4, -0.2) is 15.0 Å². The fraction of sp³-hybridized carbons (Fsp3) is 0. The monoisotopic (exact) mass is 187 g/mol. The average Bonchev–Trinajstić information content (AvgIpc) is 2.56. The summed E-state index contributed by atoms with van der Waals surface area (Å²) in [5, 5.41) is 1.09. The summed E-state index contributed by atoms with van der Waals surface area (Å²) in [4.78, 5) is 13.6. The Bertz CT molecular complexity index is 523. The smallest absolute Gasteiger partial charge is 0.143 e. The summed E-state index contributed by atoms with van der Waals surface area (Å²) < 4.78 is 1.19. The van der Waals surface area contributed by atoms with E-state index < -0.39 is 0 Å². The largest absolute Gasteiger partial charge is 0.264 e. The molecule has 0 saturated carbocycles. The molecule has 0 saturated heterocycles. The number of rotatable bonds is 0. The quantitative estimate of drug-likeness (QED) is 0.541. The summed E-state index contributed by atoms with van der Waals surface area (Å²) in [7, 11) is 0. The molecule has 0 amide bonds. The molecule has 0 atom stereocenters. The van der Waals surface area contributed by atoms with Crippen molar-refractivity contribution in [3.8, 4) is 0 Å². The minimum atomic E-state index is 0.954. The van der Waals surface area contributed by atoms with Crippen LogP contribution in [0, 0.1) is 0 Å². The van der Waals surface area contributed by atoms with Crippen LogP contribution >= 0.6 is 11.3 Å². The van der Waals surface area contributed by atoms with Gasteiger partial charge in [0.2, 0.25) is 0 Å². The van der Waals surface area contributed by atoms with E-state index in [-0.39, 0.29) is 0 Å². The van der Waals surface area contributed by atoms with Crippen LogP contribution in [0.3, 0.4) is 0 Å². The molecule has 0 bridgehead atoms. The maximum absolute atomic E-state index is 4.28. The average molecular weight is 187 g/mol. The third kappa shape index (κ3) is 0.922. The van der Waals surface area contributed by atoms with Crippen molar-refractivity contribution in [2.45, 2.75) is 0 Å². The summed E-state index contributed by atoms with van der Waals surface area (Å²) in [5.41, 5.74) is 0.954. The number of pyridine rings is 1. The van der Waals surface area contributed by atoms with Gasteiger partial charge in [-0.3, -0.25) is 9.97 Å². The van der Waals surface area contributed by atoms with Crippen LogP contribution in [0.5, 0.6) is 0 Å². The molecule has 0 aromatic carbocycles. The highest BCUT2D eigenvalue weighted by Gasteiger charge is 2.04. The van der Waals surface area contributed by atoms with Crippen molar-refractivity contribution in [1.29, 1.82) is 0 Å². The second-order valence-electron chi connectivity index (χ2n) is 2.68. The molecule has 62 valence electrons. The number of hydrogen-bond acceptors (Lipinski definition) is 4. The lowest BCUT2D eigenvalue weighted by Crippen LogP contribution is -1.75. The number of hydrogen-bond donors (Lipinski definition) is 0. The van der Waals surface area contributed by atoms with Crippen LogP contribution in [0.25, 0.3) is 20.4 Å². The number of fused-ring (bicyclic) bond motifs is 3. The topological polar surface area (TPSA) is 38.7 Å². The van der Waals surface area contributed by atoms with Crippen molar-refractivity contribution >= 4 is 31.8 Å². The zero-order valence-electron chi connectivity index (χ0n) is 6.64. The van der Waals surface area contributed by atoms with E-state index in [1.807, 2.05) is 12.3 Å². The molecular weight excluding hydrogens is 182 g/mol. The summed E-state index contributed by atoms with van der Waals surface area (Å²) in [6.45, 7) is 0. The standard InChI is InChI=1S/C9H5N3S/c1-2-10-5-6-7(1)13-9-8(6)11-3-4-12-9/h1-5H. The lowest BCUT2D eigenvalue weighted by molar-refractivity contribution is 1.32. The van der Waals surface area contributed by atoms with Crippen LogP contribution in [0.4, 0.5) is 0 Å². The van der Waals surface area contributed by atoms with Crippen molar-refractivity contribution in [2.24, 2.45) is 0 Å². The molecule has 3 heterocycles. The van der Waals surface area contributed by atoms with Crippen molar-refractivity contribution in [1.82, 2.24) is 15.0 Å². The Labute approximate surface area is 78.1 Å². The molecule has 3 nitrogen and oxygen atoms in total. The minimum absolute atomic E-state index is 0.954. The molecule has 0 aliphatic heterocycles. The fourth-order valence-electron chi connectivity index (χ4n) is 1.34. The normalized spacial score (nSPS) is 11.1. The van der Waals surface area contributed by atoms with Gasteiger partial charge in [-0.15, -0.1) is 11.3 Å². The summed E-state index contributed by atoms with van der Waals surface area (Å²) in [6.07, 6.45) is 7.05. The molecule has 0 aliphatic carbocycles. The molecule has 13 heavy (non-hydrogen) atoms. The second kappa shape index (κ2) is 2.47. The first-order valence-electron chi connectivity index (χ1n) is 3.88. The Kier molecular flexibility index (Phi) is 1.31. The first-order valence-corrected chi connectivity index (χ1v) is 4.70. The van der Waals surface area contributed by atoms with Gasteiger partial charge in [-0.2, -0.15) is 0 Å². The highest BCUT2D eigenvalue weighted by Crippen LogP contribution is 2.29. The highest BCUT2D eigenvalue weighted by molar-refractivity contribution is 7.25. The van der Waals surface area contributed by atoms with Gasteiger partial charge in [-0.1, -0.05) is 0 Å². The van der Waals surface area contributed by atoms with Gasteiger partial charge >= 0.3 is 0 Å². The van der Waals surface area contributed by atoms with Gasteiger partial charge < -0.3 is 0 Å². The number of nitrogens with zero attached hydrogens (tertiary/aromatic N) is 3. The third-order valence-corrected chi connectivity index (χ3v) is 2.98. The van der Waals surface area contributed by atoms with Gasteiger partial charge in [-0.25, -0.2) is 4.98 Å². The van der Waals surface area contributed by atoms with Crippen molar-refractivity contribution in [2.75, 3.05) is 0 Å². The minimum Gasteiger partial charge on any atom is -0.264 e. The van der Waals surface area contributed by atoms with Gasteiger partial charge in [-0.05, 0) is 6.07 Å². The van der Waals surface area contributed by atoms with E-state index in [4.69, 9.17) is 0 Å². The molecule has 3 aromatic heterocycles. The summed E-state index contributed by atoms with van der Waals surface area (Å²) in [5.74, 6) is 0. The molecule has 0 radical (unpaired) electrons. The Morgan fingerprint density at radius 1 is 1.08 bits per heavy atom. The molecule has 4 heteroatoms. The molecule has 0 aliphatic rings. The predicted octanol–water partition coefficient (Wildman–Crippen LogP) is 2.24. The lowest BCUT2D eigenvalue weighted by Gasteiger charge is -1.86.